The van der Waals surface area contributed by atoms with Gasteiger partial charge in [0.15, 0.2) is 0 Å². The molecule has 168 valence electrons. The average molecular weight is 479 g/mol. The maximum atomic E-state index is 14.3. The van der Waals surface area contributed by atoms with E-state index in [2.05, 4.69) is 20.6 Å². The fourth-order valence-electron chi connectivity index (χ4n) is 3.03. The number of alkyl halides is 3. The van der Waals surface area contributed by atoms with Crippen LogP contribution in [0, 0.1) is 11.6 Å². The van der Waals surface area contributed by atoms with E-state index in [9.17, 15) is 26.7 Å². The third-order valence-electron chi connectivity index (χ3n) is 4.57. The van der Waals surface area contributed by atoms with E-state index >= 15 is 0 Å². The summed E-state index contributed by atoms with van der Waals surface area (Å²) in [5, 5.41) is 5.04. The predicted molar refractivity (Wildman–Crippen MR) is 114 cm³/mol. The highest BCUT2D eigenvalue weighted by atomic mass is 35.5. The number of rotatable bonds is 4. The van der Waals surface area contributed by atoms with Gasteiger partial charge in [0, 0.05) is 5.39 Å². The molecule has 4 aromatic rings. The second-order valence-corrected chi connectivity index (χ2v) is 7.19. The van der Waals surface area contributed by atoms with E-state index in [0.717, 1.165) is 6.07 Å². The molecule has 5 nitrogen and oxygen atoms in total. The molecule has 0 saturated heterocycles. The number of fused-ring (bicyclic) bond motifs is 1. The zero-order valence-electron chi connectivity index (χ0n) is 16.3. The van der Waals surface area contributed by atoms with Crippen LogP contribution in [0.25, 0.3) is 10.9 Å². The summed E-state index contributed by atoms with van der Waals surface area (Å²) in [5.74, 6) is -3.13. The smallest absolute Gasteiger partial charge is 0.337 e. The quantitative estimate of drug-likeness (QED) is 0.325. The van der Waals surface area contributed by atoms with Gasteiger partial charge in [0.25, 0.3) is 5.91 Å². The van der Waals surface area contributed by atoms with Gasteiger partial charge in [0.1, 0.15) is 17.5 Å². The van der Waals surface area contributed by atoms with Crippen molar-refractivity contribution in [3.8, 4) is 0 Å². The lowest BCUT2D eigenvalue weighted by Crippen LogP contribution is -2.17. The number of halogens is 6. The van der Waals surface area contributed by atoms with Crippen molar-refractivity contribution in [1.82, 2.24) is 9.97 Å². The summed E-state index contributed by atoms with van der Waals surface area (Å²) in [4.78, 5) is 20.8. The molecular formula is C22H12ClF5N4O. The molecule has 33 heavy (non-hydrogen) atoms. The number of benzene rings is 3. The highest BCUT2D eigenvalue weighted by molar-refractivity contribution is 6.34. The largest absolute Gasteiger partial charge is 0.416 e. The van der Waals surface area contributed by atoms with Crippen LogP contribution in [0.2, 0.25) is 5.02 Å². The molecule has 0 aliphatic rings. The van der Waals surface area contributed by atoms with E-state index in [1.165, 1.54) is 12.1 Å². The fraction of sp³-hybridized carbons (Fsp3) is 0.0455. The zero-order chi connectivity index (χ0) is 23.8. The van der Waals surface area contributed by atoms with E-state index in [1.54, 1.807) is 24.3 Å². The van der Waals surface area contributed by atoms with Crippen molar-refractivity contribution in [2.45, 2.75) is 6.18 Å². The molecule has 1 heterocycles. The summed E-state index contributed by atoms with van der Waals surface area (Å²) in [5.41, 5.74) is -1.69. The van der Waals surface area contributed by atoms with Crippen molar-refractivity contribution in [3.05, 3.63) is 88.4 Å². The maximum absolute atomic E-state index is 14.3. The molecule has 3 aromatic carbocycles. The van der Waals surface area contributed by atoms with Crippen LogP contribution >= 0.6 is 11.6 Å². The number of carbonyl (C=O) groups is 1. The SMILES string of the molecule is O=C(Nc1nc(Nc2cc(C(F)(F)F)ccc2F)c2ccccc2n1)c1c(F)cccc1Cl. The van der Waals surface area contributed by atoms with Gasteiger partial charge in [-0.2, -0.15) is 18.2 Å². The van der Waals surface area contributed by atoms with Crippen LogP contribution < -0.4 is 10.6 Å². The first-order valence-electron chi connectivity index (χ1n) is 9.29. The molecule has 2 N–H and O–H groups in total. The molecule has 1 aromatic heterocycles. The van der Waals surface area contributed by atoms with Crippen LogP contribution in [-0.2, 0) is 6.18 Å². The Labute approximate surface area is 188 Å². The summed E-state index contributed by atoms with van der Waals surface area (Å²) in [6.07, 6.45) is -4.68. The first-order chi connectivity index (χ1) is 15.6. The topological polar surface area (TPSA) is 66.9 Å². The zero-order valence-corrected chi connectivity index (χ0v) is 17.1. The van der Waals surface area contributed by atoms with E-state index in [0.29, 0.717) is 23.6 Å². The second kappa shape index (κ2) is 8.62. The van der Waals surface area contributed by atoms with Gasteiger partial charge < -0.3 is 5.32 Å². The first-order valence-corrected chi connectivity index (χ1v) is 9.67. The normalized spacial score (nSPS) is 11.5. The van der Waals surface area contributed by atoms with Crippen LogP contribution in [0.4, 0.5) is 39.4 Å². The average Bonchev–Trinajstić information content (AvgIpc) is 2.74. The van der Waals surface area contributed by atoms with Crippen LogP contribution in [0.15, 0.2) is 60.7 Å². The van der Waals surface area contributed by atoms with Crippen molar-refractivity contribution < 1.29 is 26.7 Å². The van der Waals surface area contributed by atoms with E-state index in [4.69, 9.17) is 11.6 Å². The number of hydrogen-bond acceptors (Lipinski definition) is 4. The molecule has 0 fully saturated rings. The number of nitrogens with zero attached hydrogens (tertiary/aromatic N) is 2. The Morgan fingerprint density at radius 2 is 1.67 bits per heavy atom. The van der Waals surface area contributed by atoms with Crippen molar-refractivity contribution in [2.75, 3.05) is 10.6 Å². The minimum Gasteiger partial charge on any atom is -0.337 e. The molecule has 0 unspecified atom stereocenters. The third kappa shape index (κ3) is 4.70. The Morgan fingerprint density at radius 3 is 2.39 bits per heavy atom. The molecule has 0 aliphatic carbocycles. The molecule has 0 spiro atoms. The summed E-state index contributed by atoms with van der Waals surface area (Å²) in [6, 6.07) is 11.9. The van der Waals surface area contributed by atoms with Gasteiger partial charge in [-0.15, -0.1) is 0 Å². The molecule has 0 saturated carbocycles. The van der Waals surface area contributed by atoms with Crippen molar-refractivity contribution in [3.63, 3.8) is 0 Å². The van der Waals surface area contributed by atoms with Crippen LogP contribution in [0.5, 0.6) is 0 Å². The molecule has 4 rings (SSSR count). The van der Waals surface area contributed by atoms with Gasteiger partial charge in [-0.3, -0.25) is 10.1 Å². The van der Waals surface area contributed by atoms with Gasteiger partial charge in [0.2, 0.25) is 5.95 Å². The summed E-state index contributed by atoms with van der Waals surface area (Å²) < 4.78 is 67.5. The number of amides is 1. The van der Waals surface area contributed by atoms with Crippen molar-refractivity contribution >= 4 is 45.9 Å². The standard InChI is InChI=1S/C22H12ClF5N4O/c23-13-5-3-6-15(25)18(13)20(33)32-21-30-16-7-2-1-4-12(16)19(31-21)29-17-10-11(22(26,27)28)8-9-14(17)24/h1-10H,(H2,29,30,31,32,33). The van der Waals surface area contributed by atoms with Crippen molar-refractivity contribution in [2.24, 2.45) is 0 Å². The lowest BCUT2D eigenvalue weighted by atomic mass is 10.1. The lowest BCUT2D eigenvalue weighted by Gasteiger charge is -2.14. The molecule has 0 atom stereocenters. The lowest BCUT2D eigenvalue weighted by molar-refractivity contribution is -0.137. The second-order valence-electron chi connectivity index (χ2n) is 6.78. The van der Waals surface area contributed by atoms with Crippen LogP contribution in [0.3, 0.4) is 0 Å². The van der Waals surface area contributed by atoms with E-state index in [1.807, 2.05) is 0 Å². The van der Waals surface area contributed by atoms with E-state index in [-0.39, 0.29) is 22.3 Å². The molecule has 0 radical (unpaired) electrons. The fourth-order valence-corrected chi connectivity index (χ4v) is 3.28. The number of carbonyl (C=O) groups excluding carboxylic acids is 1. The maximum Gasteiger partial charge on any atom is 0.416 e. The summed E-state index contributed by atoms with van der Waals surface area (Å²) in [7, 11) is 0. The number of anilines is 3. The molecular weight excluding hydrogens is 467 g/mol. The Bertz CT molecular complexity index is 1360. The van der Waals surface area contributed by atoms with Gasteiger partial charge in [0.05, 0.1) is 27.4 Å². The Hall–Kier alpha value is -3.79. The van der Waals surface area contributed by atoms with Gasteiger partial charge >= 0.3 is 6.18 Å². The third-order valence-corrected chi connectivity index (χ3v) is 4.88. The summed E-state index contributed by atoms with van der Waals surface area (Å²) >= 11 is 5.91. The summed E-state index contributed by atoms with van der Waals surface area (Å²) in [6.45, 7) is 0. The molecule has 11 heteroatoms. The number of nitrogens with one attached hydrogen (secondary N) is 2. The Balaban J connectivity index is 1.75. The van der Waals surface area contributed by atoms with Gasteiger partial charge in [-0.25, -0.2) is 13.8 Å². The predicted octanol–water partition coefficient (Wildman–Crippen LogP) is 6.58. The highest BCUT2D eigenvalue weighted by Crippen LogP contribution is 2.34. The van der Waals surface area contributed by atoms with E-state index < -0.39 is 40.5 Å². The van der Waals surface area contributed by atoms with Crippen LogP contribution in [-0.4, -0.2) is 15.9 Å². The molecule has 0 aliphatic heterocycles. The number of hydrogen-bond donors (Lipinski definition) is 2. The first kappa shape index (κ1) is 22.4. The Kier molecular flexibility index (Phi) is 5.86. The van der Waals surface area contributed by atoms with Gasteiger partial charge in [-0.1, -0.05) is 29.8 Å². The van der Waals surface area contributed by atoms with Crippen LogP contribution in [0.1, 0.15) is 15.9 Å². The molecule has 0 bridgehead atoms. The minimum absolute atomic E-state index is 0.0752. The highest BCUT2D eigenvalue weighted by Gasteiger charge is 2.31. The Morgan fingerprint density at radius 1 is 0.909 bits per heavy atom. The number of para-hydroxylation sites is 1. The molecule has 1 amide bonds. The number of aromatic nitrogens is 2. The minimum atomic E-state index is -4.68. The monoisotopic (exact) mass is 478 g/mol. The van der Waals surface area contributed by atoms with Gasteiger partial charge in [-0.05, 0) is 42.5 Å². The van der Waals surface area contributed by atoms with Crippen molar-refractivity contribution in [1.29, 1.82) is 0 Å².